The van der Waals surface area contributed by atoms with Gasteiger partial charge < -0.3 is 17.3 Å². The minimum Gasteiger partial charge on any atom is -1.00 e. The third kappa shape index (κ3) is 3.95. The van der Waals surface area contributed by atoms with Gasteiger partial charge in [-0.2, -0.15) is 22.7 Å². The number of nitrogens with one attached hydrogen (secondary N) is 1. The minimum absolute atomic E-state index is 0. The van der Waals surface area contributed by atoms with Crippen LogP contribution in [0.5, 0.6) is 0 Å². The monoisotopic (exact) mass is 325 g/mol. The summed E-state index contributed by atoms with van der Waals surface area (Å²) in [5.74, 6) is 0. The molecule has 1 fully saturated rings. The molecule has 0 aliphatic carbocycles. The van der Waals surface area contributed by atoms with Crippen molar-refractivity contribution >= 4 is 28.2 Å². The molecule has 1 N–H and O–H groups in total. The van der Waals surface area contributed by atoms with Gasteiger partial charge in [0.15, 0.2) is 0 Å². The number of halogens is 1. The van der Waals surface area contributed by atoms with Gasteiger partial charge in [-0.15, -0.1) is 0 Å². The molecule has 108 valence electrons. The Hall–Kier alpha value is -0.610. The fourth-order valence-corrected chi connectivity index (χ4v) is 4.05. The van der Waals surface area contributed by atoms with E-state index in [-0.39, 0.29) is 12.4 Å². The van der Waals surface area contributed by atoms with Crippen molar-refractivity contribution in [1.29, 1.82) is 0 Å². The number of quaternary nitrogens is 1. The van der Waals surface area contributed by atoms with Crippen LogP contribution in [-0.2, 0) is 0 Å². The highest BCUT2D eigenvalue weighted by Crippen LogP contribution is 2.26. The molecule has 1 saturated heterocycles. The molecule has 3 heterocycles. The molecule has 0 spiro atoms. The standard InChI is InChI=1S/C16H19NS2.ClH/c1-2-7-17(8-3-1)9-4-16(14-5-10-18-12-14)15-6-11-19-13-15;/h4-6,10-13H,1-3,7-9H2;1H. The Labute approximate surface area is 135 Å². The lowest BCUT2D eigenvalue weighted by Gasteiger charge is -2.22. The van der Waals surface area contributed by atoms with E-state index in [2.05, 4.69) is 39.7 Å². The molecule has 2 aromatic rings. The van der Waals surface area contributed by atoms with Crippen molar-refractivity contribution < 1.29 is 17.3 Å². The first kappa shape index (κ1) is 15.8. The summed E-state index contributed by atoms with van der Waals surface area (Å²) >= 11 is 3.56. The van der Waals surface area contributed by atoms with Gasteiger partial charge in [0.2, 0.25) is 0 Å². The largest absolute Gasteiger partial charge is 1.00 e. The highest BCUT2D eigenvalue weighted by atomic mass is 35.5. The van der Waals surface area contributed by atoms with E-state index < -0.39 is 0 Å². The molecule has 0 radical (unpaired) electrons. The molecule has 1 aliphatic heterocycles. The Bertz CT molecular complexity index is 474. The number of rotatable bonds is 4. The normalized spacial score (nSPS) is 15.6. The van der Waals surface area contributed by atoms with Crippen LogP contribution in [0.1, 0.15) is 30.4 Å². The van der Waals surface area contributed by atoms with Crippen molar-refractivity contribution in [3.8, 4) is 0 Å². The summed E-state index contributed by atoms with van der Waals surface area (Å²) in [6, 6.07) is 4.47. The van der Waals surface area contributed by atoms with Crippen molar-refractivity contribution in [3.05, 3.63) is 50.9 Å². The lowest BCUT2D eigenvalue weighted by atomic mass is 10.0. The molecule has 3 rings (SSSR count). The van der Waals surface area contributed by atoms with Gasteiger partial charge in [-0.05, 0) is 75.7 Å². The summed E-state index contributed by atoms with van der Waals surface area (Å²) in [5, 5.41) is 8.86. The van der Waals surface area contributed by atoms with Crippen LogP contribution in [0.3, 0.4) is 0 Å². The maximum absolute atomic E-state index is 2.45. The number of piperidine rings is 1. The fraction of sp³-hybridized carbons (Fsp3) is 0.375. The Morgan fingerprint density at radius 2 is 1.60 bits per heavy atom. The third-order valence-corrected chi connectivity index (χ3v) is 5.19. The number of hydrogen-bond donors (Lipinski definition) is 1. The summed E-state index contributed by atoms with van der Waals surface area (Å²) in [5.41, 5.74) is 4.17. The second-order valence-corrected chi connectivity index (χ2v) is 6.72. The van der Waals surface area contributed by atoms with Gasteiger partial charge in [-0.1, -0.05) is 0 Å². The summed E-state index contributed by atoms with van der Waals surface area (Å²) in [7, 11) is 0. The lowest BCUT2D eigenvalue weighted by molar-refractivity contribution is -0.898. The Balaban J connectivity index is 0.00000147. The second kappa shape index (κ2) is 7.99. The number of likely N-dealkylation sites (tertiary alicyclic amines) is 1. The molecule has 4 heteroatoms. The average Bonchev–Trinajstić information content (AvgIpc) is 3.13. The van der Waals surface area contributed by atoms with Gasteiger partial charge >= 0.3 is 0 Å². The maximum atomic E-state index is 2.45. The SMILES string of the molecule is C(C[NH+]1CCCCC1)=C(c1ccsc1)c1ccsc1.[Cl-]. The van der Waals surface area contributed by atoms with E-state index in [1.54, 1.807) is 27.6 Å². The van der Waals surface area contributed by atoms with Gasteiger partial charge in [-0.3, -0.25) is 0 Å². The van der Waals surface area contributed by atoms with Crippen LogP contribution in [0.25, 0.3) is 5.57 Å². The molecule has 0 unspecified atom stereocenters. The van der Waals surface area contributed by atoms with Crippen LogP contribution in [-0.4, -0.2) is 19.6 Å². The van der Waals surface area contributed by atoms with Gasteiger partial charge in [0.25, 0.3) is 0 Å². The molecular weight excluding hydrogens is 306 g/mol. The number of hydrogen-bond acceptors (Lipinski definition) is 2. The molecule has 20 heavy (non-hydrogen) atoms. The van der Waals surface area contributed by atoms with E-state index in [0.29, 0.717) is 0 Å². The summed E-state index contributed by atoms with van der Waals surface area (Å²) in [6.07, 6.45) is 6.67. The van der Waals surface area contributed by atoms with E-state index in [9.17, 15) is 0 Å². The first-order chi connectivity index (χ1) is 9.43. The van der Waals surface area contributed by atoms with Crippen molar-refractivity contribution in [2.45, 2.75) is 19.3 Å². The van der Waals surface area contributed by atoms with Crippen molar-refractivity contribution in [3.63, 3.8) is 0 Å². The van der Waals surface area contributed by atoms with Crippen LogP contribution < -0.4 is 17.3 Å². The van der Waals surface area contributed by atoms with E-state index in [4.69, 9.17) is 0 Å². The zero-order valence-corrected chi connectivity index (χ0v) is 13.9. The van der Waals surface area contributed by atoms with E-state index >= 15 is 0 Å². The predicted molar refractivity (Wildman–Crippen MR) is 85.1 cm³/mol. The quantitative estimate of drug-likeness (QED) is 0.825. The molecular formula is C16H20ClNS2. The van der Waals surface area contributed by atoms with Crippen LogP contribution in [0, 0.1) is 0 Å². The molecule has 0 atom stereocenters. The first-order valence-corrected chi connectivity index (χ1v) is 8.91. The van der Waals surface area contributed by atoms with Crippen LogP contribution in [0.2, 0.25) is 0 Å². The Morgan fingerprint density at radius 1 is 1.00 bits per heavy atom. The molecule has 2 aromatic heterocycles. The Morgan fingerprint density at radius 3 is 2.10 bits per heavy atom. The van der Waals surface area contributed by atoms with Crippen molar-refractivity contribution in [2.24, 2.45) is 0 Å². The van der Waals surface area contributed by atoms with E-state index in [0.717, 1.165) is 0 Å². The second-order valence-electron chi connectivity index (χ2n) is 5.16. The maximum Gasteiger partial charge on any atom is 0.0967 e. The predicted octanol–water partition coefficient (Wildman–Crippen LogP) is 0.314. The number of thiophene rings is 2. The molecule has 1 aliphatic rings. The topological polar surface area (TPSA) is 4.44 Å². The fourth-order valence-electron chi connectivity index (χ4n) is 2.74. The zero-order chi connectivity index (χ0) is 12.9. The Kier molecular flexibility index (Phi) is 6.30. The molecule has 0 bridgehead atoms. The van der Waals surface area contributed by atoms with Crippen molar-refractivity contribution in [1.82, 2.24) is 0 Å². The molecule has 0 saturated carbocycles. The molecule has 0 aromatic carbocycles. The van der Waals surface area contributed by atoms with E-state index in [1.165, 1.54) is 55.6 Å². The summed E-state index contributed by atoms with van der Waals surface area (Å²) in [4.78, 5) is 1.74. The smallest absolute Gasteiger partial charge is 0.0967 e. The van der Waals surface area contributed by atoms with Crippen LogP contribution >= 0.6 is 22.7 Å². The van der Waals surface area contributed by atoms with E-state index in [1.807, 2.05) is 0 Å². The highest BCUT2D eigenvalue weighted by molar-refractivity contribution is 7.08. The van der Waals surface area contributed by atoms with Gasteiger partial charge in [0.05, 0.1) is 19.6 Å². The highest BCUT2D eigenvalue weighted by Gasteiger charge is 2.13. The third-order valence-electron chi connectivity index (χ3n) is 3.82. The van der Waals surface area contributed by atoms with Crippen LogP contribution in [0.4, 0.5) is 0 Å². The van der Waals surface area contributed by atoms with Crippen molar-refractivity contribution in [2.75, 3.05) is 19.6 Å². The van der Waals surface area contributed by atoms with Gasteiger partial charge in [0, 0.05) is 0 Å². The zero-order valence-electron chi connectivity index (χ0n) is 11.5. The van der Waals surface area contributed by atoms with Gasteiger partial charge in [-0.25, -0.2) is 0 Å². The average molecular weight is 326 g/mol. The molecule has 1 nitrogen and oxygen atoms in total. The lowest BCUT2D eigenvalue weighted by Crippen LogP contribution is -3.12. The van der Waals surface area contributed by atoms with Gasteiger partial charge in [0.1, 0.15) is 0 Å². The minimum atomic E-state index is 0. The summed E-state index contributed by atoms with van der Waals surface area (Å²) in [6.45, 7) is 3.86. The first-order valence-electron chi connectivity index (χ1n) is 7.02. The van der Waals surface area contributed by atoms with Crippen LogP contribution in [0.15, 0.2) is 39.7 Å². The molecule has 0 amide bonds. The summed E-state index contributed by atoms with van der Waals surface area (Å²) < 4.78 is 0.